The first-order valence-electron chi connectivity index (χ1n) is 5.24. The zero-order chi connectivity index (χ0) is 9.97. The number of benzene rings is 1. The Morgan fingerprint density at radius 2 is 2.00 bits per heavy atom. The standard InChI is InChI=1S/C12H16FN/c1-9-6-7-14-12(8-9)10-2-4-11(13)5-3-10/h2-5,9,12,14H,6-8H2,1H3/t9-,12+/m1/s1. The fourth-order valence-corrected chi connectivity index (χ4v) is 2.06. The summed E-state index contributed by atoms with van der Waals surface area (Å²) in [6.45, 7) is 3.35. The smallest absolute Gasteiger partial charge is 0.123 e. The minimum Gasteiger partial charge on any atom is -0.310 e. The molecule has 0 spiro atoms. The summed E-state index contributed by atoms with van der Waals surface area (Å²) in [5.74, 6) is 0.615. The van der Waals surface area contributed by atoms with E-state index >= 15 is 0 Å². The Labute approximate surface area is 84.3 Å². The number of piperidine rings is 1. The molecule has 1 fully saturated rings. The molecule has 1 aromatic carbocycles. The highest BCUT2D eigenvalue weighted by Gasteiger charge is 2.19. The molecule has 1 aromatic rings. The van der Waals surface area contributed by atoms with Crippen molar-refractivity contribution in [2.24, 2.45) is 5.92 Å². The van der Waals surface area contributed by atoms with Crippen molar-refractivity contribution in [3.05, 3.63) is 35.6 Å². The van der Waals surface area contributed by atoms with E-state index in [9.17, 15) is 4.39 Å². The second-order valence-corrected chi connectivity index (χ2v) is 4.19. The second-order valence-electron chi connectivity index (χ2n) is 4.19. The summed E-state index contributed by atoms with van der Waals surface area (Å²) >= 11 is 0. The minimum atomic E-state index is -0.155. The van der Waals surface area contributed by atoms with Gasteiger partial charge in [0.25, 0.3) is 0 Å². The summed E-state index contributed by atoms with van der Waals surface area (Å²) < 4.78 is 12.7. The molecule has 1 N–H and O–H groups in total. The highest BCUT2D eigenvalue weighted by molar-refractivity contribution is 5.20. The van der Waals surface area contributed by atoms with Crippen LogP contribution >= 0.6 is 0 Å². The van der Waals surface area contributed by atoms with Gasteiger partial charge in [-0.2, -0.15) is 0 Å². The molecule has 2 atom stereocenters. The van der Waals surface area contributed by atoms with Gasteiger partial charge in [-0.3, -0.25) is 0 Å². The van der Waals surface area contributed by atoms with Crippen LogP contribution in [0.5, 0.6) is 0 Å². The zero-order valence-corrected chi connectivity index (χ0v) is 8.46. The average Bonchev–Trinajstić information content (AvgIpc) is 2.19. The molecule has 2 heteroatoms. The SMILES string of the molecule is C[C@@H]1CCN[C@H](c2ccc(F)cc2)C1. The maximum Gasteiger partial charge on any atom is 0.123 e. The topological polar surface area (TPSA) is 12.0 Å². The van der Waals surface area contributed by atoms with Crippen LogP contribution in [0.15, 0.2) is 24.3 Å². The van der Waals surface area contributed by atoms with E-state index in [1.807, 2.05) is 12.1 Å². The van der Waals surface area contributed by atoms with E-state index in [2.05, 4.69) is 12.2 Å². The first kappa shape index (κ1) is 9.66. The van der Waals surface area contributed by atoms with Crippen LogP contribution in [0, 0.1) is 11.7 Å². The van der Waals surface area contributed by atoms with Gasteiger partial charge < -0.3 is 5.32 Å². The van der Waals surface area contributed by atoms with Crippen LogP contribution in [-0.4, -0.2) is 6.54 Å². The Kier molecular flexibility index (Phi) is 2.82. The third-order valence-electron chi connectivity index (χ3n) is 2.94. The molecule has 1 aliphatic heterocycles. The van der Waals surface area contributed by atoms with E-state index in [0.29, 0.717) is 6.04 Å². The summed E-state index contributed by atoms with van der Waals surface area (Å²) in [6, 6.07) is 7.25. The molecule has 0 aromatic heterocycles. The first-order chi connectivity index (χ1) is 6.75. The monoisotopic (exact) mass is 193 g/mol. The number of nitrogens with one attached hydrogen (secondary N) is 1. The molecule has 0 radical (unpaired) electrons. The lowest BCUT2D eigenvalue weighted by atomic mass is 9.90. The lowest BCUT2D eigenvalue weighted by Gasteiger charge is -2.28. The molecule has 0 amide bonds. The number of rotatable bonds is 1. The average molecular weight is 193 g/mol. The fourth-order valence-electron chi connectivity index (χ4n) is 2.06. The van der Waals surface area contributed by atoms with Crippen LogP contribution < -0.4 is 5.32 Å². The van der Waals surface area contributed by atoms with Crippen molar-refractivity contribution in [2.75, 3.05) is 6.54 Å². The van der Waals surface area contributed by atoms with Crippen molar-refractivity contribution < 1.29 is 4.39 Å². The van der Waals surface area contributed by atoms with Gasteiger partial charge in [-0.25, -0.2) is 4.39 Å². The third kappa shape index (κ3) is 2.13. The van der Waals surface area contributed by atoms with Crippen LogP contribution in [0.3, 0.4) is 0 Å². The molecule has 1 heterocycles. The molecular weight excluding hydrogens is 177 g/mol. The Morgan fingerprint density at radius 3 is 2.64 bits per heavy atom. The van der Waals surface area contributed by atoms with Crippen molar-refractivity contribution in [1.29, 1.82) is 0 Å². The fraction of sp³-hybridized carbons (Fsp3) is 0.500. The molecule has 1 saturated heterocycles. The minimum absolute atomic E-state index is 0.155. The van der Waals surface area contributed by atoms with Gasteiger partial charge in [-0.1, -0.05) is 19.1 Å². The Bertz CT molecular complexity index is 294. The van der Waals surface area contributed by atoms with Crippen LogP contribution in [0.2, 0.25) is 0 Å². The van der Waals surface area contributed by atoms with Gasteiger partial charge in [0.1, 0.15) is 5.82 Å². The van der Waals surface area contributed by atoms with Gasteiger partial charge in [0, 0.05) is 6.04 Å². The summed E-state index contributed by atoms with van der Waals surface area (Å²) in [5, 5.41) is 3.46. The summed E-state index contributed by atoms with van der Waals surface area (Å²) in [7, 11) is 0. The molecule has 0 bridgehead atoms. The maximum atomic E-state index is 12.7. The quantitative estimate of drug-likeness (QED) is 0.723. The highest BCUT2D eigenvalue weighted by atomic mass is 19.1. The number of hydrogen-bond acceptors (Lipinski definition) is 1. The third-order valence-corrected chi connectivity index (χ3v) is 2.94. The summed E-state index contributed by atoms with van der Waals surface area (Å²) in [5.41, 5.74) is 1.21. The number of hydrogen-bond donors (Lipinski definition) is 1. The van der Waals surface area contributed by atoms with E-state index < -0.39 is 0 Å². The predicted octanol–water partition coefficient (Wildman–Crippen LogP) is 2.89. The van der Waals surface area contributed by atoms with Crippen LogP contribution in [-0.2, 0) is 0 Å². The van der Waals surface area contributed by atoms with E-state index in [1.54, 1.807) is 0 Å². The van der Waals surface area contributed by atoms with Crippen LogP contribution in [0.25, 0.3) is 0 Å². The molecule has 76 valence electrons. The first-order valence-corrected chi connectivity index (χ1v) is 5.24. The van der Waals surface area contributed by atoms with Gasteiger partial charge in [0.15, 0.2) is 0 Å². The summed E-state index contributed by atoms with van der Waals surface area (Å²) in [4.78, 5) is 0. The van der Waals surface area contributed by atoms with Crippen molar-refractivity contribution in [1.82, 2.24) is 5.32 Å². The highest BCUT2D eigenvalue weighted by Crippen LogP contribution is 2.26. The van der Waals surface area contributed by atoms with Gasteiger partial charge in [0.2, 0.25) is 0 Å². The van der Waals surface area contributed by atoms with E-state index in [1.165, 1.54) is 24.1 Å². The molecule has 0 saturated carbocycles. The van der Waals surface area contributed by atoms with Crippen molar-refractivity contribution >= 4 is 0 Å². The maximum absolute atomic E-state index is 12.7. The van der Waals surface area contributed by atoms with E-state index in [0.717, 1.165) is 18.9 Å². The Morgan fingerprint density at radius 1 is 1.29 bits per heavy atom. The zero-order valence-electron chi connectivity index (χ0n) is 8.46. The normalized spacial score (nSPS) is 27.6. The second kappa shape index (κ2) is 4.09. The van der Waals surface area contributed by atoms with Crippen LogP contribution in [0.1, 0.15) is 31.4 Å². The molecular formula is C12H16FN. The summed E-state index contributed by atoms with van der Waals surface area (Å²) in [6.07, 6.45) is 2.41. The van der Waals surface area contributed by atoms with Crippen molar-refractivity contribution in [3.8, 4) is 0 Å². The van der Waals surface area contributed by atoms with Crippen LogP contribution in [0.4, 0.5) is 4.39 Å². The molecule has 2 rings (SSSR count). The largest absolute Gasteiger partial charge is 0.310 e. The molecule has 1 aliphatic rings. The molecule has 1 nitrogen and oxygen atoms in total. The molecule has 0 aliphatic carbocycles. The Hall–Kier alpha value is -0.890. The lowest BCUT2D eigenvalue weighted by molar-refractivity contribution is 0.325. The van der Waals surface area contributed by atoms with Gasteiger partial charge in [-0.05, 0) is 43.0 Å². The molecule has 14 heavy (non-hydrogen) atoms. The number of halogens is 1. The van der Waals surface area contributed by atoms with E-state index in [-0.39, 0.29) is 5.82 Å². The van der Waals surface area contributed by atoms with Gasteiger partial charge in [0.05, 0.1) is 0 Å². The Balaban J connectivity index is 2.10. The van der Waals surface area contributed by atoms with E-state index in [4.69, 9.17) is 0 Å². The molecule has 0 unspecified atom stereocenters. The lowest BCUT2D eigenvalue weighted by Crippen LogP contribution is -2.30. The van der Waals surface area contributed by atoms with Crippen molar-refractivity contribution in [3.63, 3.8) is 0 Å². The predicted molar refractivity (Wildman–Crippen MR) is 55.5 cm³/mol. The van der Waals surface area contributed by atoms with Gasteiger partial charge in [-0.15, -0.1) is 0 Å². The van der Waals surface area contributed by atoms with Gasteiger partial charge >= 0.3 is 0 Å². The van der Waals surface area contributed by atoms with Crippen molar-refractivity contribution in [2.45, 2.75) is 25.8 Å².